The molecule has 1 aromatic rings. The Hall–Kier alpha value is -0.960. The van der Waals surface area contributed by atoms with Crippen LogP contribution in [0.1, 0.15) is 74.6 Å². The van der Waals surface area contributed by atoms with Gasteiger partial charge in [-0.1, -0.05) is 20.8 Å². The van der Waals surface area contributed by atoms with Gasteiger partial charge in [0.15, 0.2) is 0 Å². The van der Waals surface area contributed by atoms with Crippen molar-refractivity contribution in [1.29, 1.82) is 0 Å². The van der Waals surface area contributed by atoms with E-state index in [9.17, 15) is 0 Å². The lowest BCUT2D eigenvalue weighted by atomic mass is 10.0. The molecule has 0 aromatic carbocycles. The summed E-state index contributed by atoms with van der Waals surface area (Å²) in [4.78, 5) is 9.75. The number of aromatic nitrogens is 2. The Bertz CT molecular complexity index is 453. The molecule has 98 valence electrons. The van der Waals surface area contributed by atoms with Crippen molar-refractivity contribution < 1.29 is 0 Å². The Morgan fingerprint density at radius 1 is 1.17 bits per heavy atom. The van der Waals surface area contributed by atoms with Gasteiger partial charge in [-0.2, -0.15) is 0 Å². The van der Waals surface area contributed by atoms with E-state index in [0.717, 1.165) is 24.8 Å². The normalized spacial score (nSPS) is 26.9. The highest BCUT2D eigenvalue weighted by Gasteiger charge is 2.28. The third kappa shape index (κ3) is 2.05. The lowest BCUT2D eigenvalue weighted by Crippen LogP contribution is -2.10. The highest BCUT2D eigenvalue weighted by molar-refractivity contribution is 5.32. The fourth-order valence-corrected chi connectivity index (χ4v) is 3.32. The van der Waals surface area contributed by atoms with E-state index in [0.29, 0.717) is 11.8 Å². The standard InChI is InChI=1S/C15H23N3/c1-9(2)14-12-7-16-8-13(12)17-15(18-14)11-5-4-10(3)6-11/h9-11,16H,4-8H2,1-3H3. The van der Waals surface area contributed by atoms with E-state index >= 15 is 0 Å². The number of hydrogen-bond acceptors (Lipinski definition) is 3. The van der Waals surface area contributed by atoms with E-state index in [1.807, 2.05) is 0 Å². The van der Waals surface area contributed by atoms with Gasteiger partial charge in [-0.05, 0) is 31.1 Å². The lowest BCUT2D eigenvalue weighted by molar-refractivity contribution is 0.580. The third-order valence-corrected chi connectivity index (χ3v) is 4.34. The Morgan fingerprint density at radius 3 is 2.67 bits per heavy atom. The zero-order valence-corrected chi connectivity index (χ0v) is 11.7. The summed E-state index contributed by atoms with van der Waals surface area (Å²) in [5.74, 6) is 3.06. The van der Waals surface area contributed by atoms with Crippen molar-refractivity contribution in [2.24, 2.45) is 5.92 Å². The minimum atomic E-state index is 0.499. The maximum absolute atomic E-state index is 4.91. The van der Waals surface area contributed by atoms with E-state index in [2.05, 4.69) is 26.1 Å². The molecule has 1 aromatic heterocycles. The summed E-state index contributed by atoms with van der Waals surface area (Å²) in [6, 6.07) is 0. The van der Waals surface area contributed by atoms with Crippen molar-refractivity contribution >= 4 is 0 Å². The summed E-state index contributed by atoms with van der Waals surface area (Å²) >= 11 is 0. The number of nitrogens with one attached hydrogen (secondary N) is 1. The first kappa shape index (κ1) is 12.1. The topological polar surface area (TPSA) is 37.8 Å². The first-order valence-corrected chi connectivity index (χ1v) is 7.25. The van der Waals surface area contributed by atoms with Crippen molar-refractivity contribution in [3.8, 4) is 0 Å². The van der Waals surface area contributed by atoms with Gasteiger partial charge in [-0.3, -0.25) is 0 Å². The van der Waals surface area contributed by atoms with Gasteiger partial charge in [-0.25, -0.2) is 9.97 Å². The Morgan fingerprint density at radius 2 is 2.00 bits per heavy atom. The van der Waals surface area contributed by atoms with E-state index in [1.165, 1.54) is 36.2 Å². The summed E-state index contributed by atoms with van der Waals surface area (Å²) in [5, 5.41) is 3.41. The van der Waals surface area contributed by atoms with Gasteiger partial charge in [0.1, 0.15) is 5.82 Å². The molecule has 0 spiro atoms. The molecule has 0 radical (unpaired) electrons. The molecule has 0 amide bonds. The number of rotatable bonds is 2. The summed E-state index contributed by atoms with van der Waals surface area (Å²) in [6.45, 7) is 8.69. The molecule has 1 N–H and O–H groups in total. The van der Waals surface area contributed by atoms with Gasteiger partial charge in [0.25, 0.3) is 0 Å². The van der Waals surface area contributed by atoms with Crippen LogP contribution in [0.3, 0.4) is 0 Å². The number of hydrogen-bond donors (Lipinski definition) is 1. The van der Waals surface area contributed by atoms with Crippen molar-refractivity contribution in [1.82, 2.24) is 15.3 Å². The smallest absolute Gasteiger partial charge is 0.132 e. The van der Waals surface area contributed by atoms with Crippen LogP contribution in [0.15, 0.2) is 0 Å². The zero-order valence-electron chi connectivity index (χ0n) is 11.7. The SMILES string of the molecule is CC1CCC(c2nc3c(c(C(C)C)n2)CNC3)C1. The Kier molecular flexibility index (Phi) is 3.10. The van der Waals surface area contributed by atoms with Crippen molar-refractivity contribution in [3.63, 3.8) is 0 Å². The second-order valence-electron chi connectivity index (χ2n) is 6.27. The van der Waals surface area contributed by atoms with Crippen LogP contribution in [-0.4, -0.2) is 9.97 Å². The average Bonchev–Trinajstić information content (AvgIpc) is 2.95. The monoisotopic (exact) mass is 245 g/mol. The highest BCUT2D eigenvalue weighted by atomic mass is 15.0. The van der Waals surface area contributed by atoms with Crippen LogP contribution in [0, 0.1) is 5.92 Å². The maximum Gasteiger partial charge on any atom is 0.132 e. The first-order chi connectivity index (χ1) is 8.65. The molecule has 3 heteroatoms. The largest absolute Gasteiger partial charge is 0.307 e. The molecule has 1 aliphatic carbocycles. The molecule has 1 fully saturated rings. The summed E-state index contributed by atoms with van der Waals surface area (Å²) in [6.07, 6.45) is 3.87. The van der Waals surface area contributed by atoms with E-state index in [4.69, 9.17) is 9.97 Å². The van der Waals surface area contributed by atoms with Gasteiger partial charge in [0, 0.05) is 24.6 Å². The summed E-state index contributed by atoms with van der Waals surface area (Å²) in [7, 11) is 0. The van der Waals surface area contributed by atoms with Crippen LogP contribution in [-0.2, 0) is 13.1 Å². The van der Waals surface area contributed by atoms with Gasteiger partial charge in [-0.15, -0.1) is 0 Å². The number of nitrogens with zero attached hydrogens (tertiary/aromatic N) is 2. The van der Waals surface area contributed by atoms with Crippen LogP contribution in [0.25, 0.3) is 0 Å². The third-order valence-electron chi connectivity index (χ3n) is 4.34. The van der Waals surface area contributed by atoms with Gasteiger partial charge < -0.3 is 5.32 Å². The molecule has 0 saturated heterocycles. The first-order valence-electron chi connectivity index (χ1n) is 7.25. The lowest BCUT2D eigenvalue weighted by Gasteiger charge is -2.15. The average molecular weight is 245 g/mol. The molecule has 3 rings (SSSR count). The molecule has 2 unspecified atom stereocenters. The fraction of sp³-hybridized carbons (Fsp3) is 0.733. The molecule has 3 nitrogen and oxygen atoms in total. The molecule has 0 bridgehead atoms. The molecule has 2 aliphatic rings. The highest BCUT2D eigenvalue weighted by Crippen LogP contribution is 2.37. The maximum atomic E-state index is 4.91. The predicted molar refractivity (Wildman–Crippen MR) is 72.4 cm³/mol. The van der Waals surface area contributed by atoms with Crippen molar-refractivity contribution in [2.45, 2.75) is 65.0 Å². The van der Waals surface area contributed by atoms with Crippen LogP contribution in [0.4, 0.5) is 0 Å². The fourth-order valence-electron chi connectivity index (χ4n) is 3.32. The van der Waals surface area contributed by atoms with E-state index < -0.39 is 0 Å². The molecule has 1 saturated carbocycles. The second kappa shape index (κ2) is 4.61. The summed E-state index contributed by atoms with van der Waals surface area (Å²) < 4.78 is 0. The molecule has 1 aliphatic heterocycles. The van der Waals surface area contributed by atoms with Gasteiger partial charge in [0.05, 0.1) is 11.4 Å². The molecular formula is C15H23N3. The zero-order chi connectivity index (χ0) is 12.7. The molecule has 2 atom stereocenters. The quantitative estimate of drug-likeness (QED) is 0.870. The van der Waals surface area contributed by atoms with Gasteiger partial charge >= 0.3 is 0 Å². The molecular weight excluding hydrogens is 222 g/mol. The summed E-state index contributed by atoms with van der Waals surface area (Å²) in [5.41, 5.74) is 3.89. The van der Waals surface area contributed by atoms with Crippen molar-refractivity contribution in [2.75, 3.05) is 0 Å². The van der Waals surface area contributed by atoms with E-state index in [-0.39, 0.29) is 0 Å². The van der Waals surface area contributed by atoms with Crippen LogP contribution < -0.4 is 5.32 Å². The van der Waals surface area contributed by atoms with Crippen LogP contribution in [0.5, 0.6) is 0 Å². The second-order valence-corrected chi connectivity index (χ2v) is 6.27. The Balaban J connectivity index is 1.98. The van der Waals surface area contributed by atoms with E-state index in [1.54, 1.807) is 0 Å². The van der Waals surface area contributed by atoms with Crippen LogP contribution in [0.2, 0.25) is 0 Å². The minimum absolute atomic E-state index is 0.499. The Labute approximate surface area is 109 Å². The minimum Gasteiger partial charge on any atom is -0.307 e. The molecule has 2 heterocycles. The molecule has 18 heavy (non-hydrogen) atoms. The van der Waals surface area contributed by atoms with Crippen LogP contribution >= 0.6 is 0 Å². The van der Waals surface area contributed by atoms with Crippen molar-refractivity contribution in [3.05, 3.63) is 22.8 Å². The van der Waals surface area contributed by atoms with Gasteiger partial charge in [0.2, 0.25) is 0 Å². The predicted octanol–water partition coefficient (Wildman–Crippen LogP) is 3.11. The number of fused-ring (bicyclic) bond motifs is 1.